The zero-order chi connectivity index (χ0) is 21.3. The second-order valence-electron chi connectivity index (χ2n) is 7.79. The van der Waals surface area contributed by atoms with Crippen molar-refractivity contribution in [2.45, 2.75) is 25.3 Å². The monoisotopic (exact) mass is 409 g/mol. The van der Waals surface area contributed by atoms with Gasteiger partial charge >= 0.3 is 0 Å². The SMILES string of the molecule is O=C(c1ccc(O)cc1)C1CCN(C2CCN(c3cccc([N+](=O)[O-])c3)C2=O)CC1. The summed E-state index contributed by atoms with van der Waals surface area (Å²) < 4.78 is 0. The Labute approximate surface area is 173 Å². The molecule has 2 heterocycles. The van der Waals surface area contributed by atoms with E-state index in [0.29, 0.717) is 50.1 Å². The Balaban J connectivity index is 1.38. The van der Waals surface area contributed by atoms with E-state index in [1.165, 1.54) is 24.3 Å². The number of carbonyl (C=O) groups is 2. The molecule has 2 aliphatic heterocycles. The fourth-order valence-electron chi connectivity index (χ4n) is 4.37. The van der Waals surface area contributed by atoms with Crippen LogP contribution in [0.2, 0.25) is 0 Å². The van der Waals surface area contributed by atoms with Gasteiger partial charge in [-0.1, -0.05) is 6.07 Å². The molecule has 1 N–H and O–H groups in total. The van der Waals surface area contributed by atoms with Crippen LogP contribution in [0.3, 0.4) is 0 Å². The lowest BCUT2D eigenvalue weighted by Crippen LogP contribution is -2.46. The van der Waals surface area contributed by atoms with Gasteiger partial charge in [0.25, 0.3) is 5.69 Å². The molecular weight excluding hydrogens is 386 g/mol. The molecule has 0 saturated carbocycles. The van der Waals surface area contributed by atoms with E-state index in [0.717, 1.165) is 0 Å². The van der Waals surface area contributed by atoms with E-state index >= 15 is 0 Å². The van der Waals surface area contributed by atoms with Gasteiger partial charge in [0.1, 0.15) is 5.75 Å². The molecule has 1 atom stereocenters. The number of hydrogen-bond acceptors (Lipinski definition) is 6. The molecule has 2 fully saturated rings. The molecular formula is C22H23N3O5. The van der Waals surface area contributed by atoms with E-state index in [4.69, 9.17) is 0 Å². The molecule has 0 bridgehead atoms. The van der Waals surface area contributed by atoms with Crippen LogP contribution in [0.25, 0.3) is 0 Å². The summed E-state index contributed by atoms with van der Waals surface area (Å²) in [5.41, 5.74) is 1.12. The molecule has 2 aromatic carbocycles. The minimum absolute atomic E-state index is 0.0303. The zero-order valence-electron chi connectivity index (χ0n) is 16.4. The number of hydrogen-bond donors (Lipinski definition) is 1. The third-order valence-corrected chi connectivity index (χ3v) is 6.02. The number of ketones is 1. The minimum Gasteiger partial charge on any atom is -0.508 e. The van der Waals surface area contributed by atoms with E-state index in [9.17, 15) is 24.8 Å². The second kappa shape index (κ2) is 8.23. The highest BCUT2D eigenvalue weighted by molar-refractivity contribution is 6.00. The normalized spacial score (nSPS) is 20.5. The van der Waals surface area contributed by atoms with Gasteiger partial charge in [0.15, 0.2) is 5.78 Å². The molecule has 8 nitrogen and oxygen atoms in total. The van der Waals surface area contributed by atoms with E-state index < -0.39 is 4.92 Å². The first-order valence-electron chi connectivity index (χ1n) is 10.1. The summed E-state index contributed by atoms with van der Waals surface area (Å²) in [5, 5.41) is 20.4. The van der Waals surface area contributed by atoms with Crippen molar-refractivity contribution >= 4 is 23.1 Å². The first-order valence-corrected chi connectivity index (χ1v) is 10.1. The molecule has 0 aliphatic carbocycles. The van der Waals surface area contributed by atoms with Crippen LogP contribution in [0.5, 0.6) is 5.75 Å². The topological polar surface area (TPSA) is 104 Å². The molecule has 2 saturated heterocycles. The number of Topliss-reactive ketones (excluding diaryl/α,β-unsaturated/α-hetero) is 1. The summed E-state index contributed by atoms with van der Waals surface area (Å²) in [6.45, 7) is 1.85. The van der Waals surface area contributed by atoms with Crippen LogP contribution in [0.1, 0.15) is 29.6 Å². The summed E-state index contributed by atoms with van der Waals surface area (Å²) in [6, 6.07) is 12.2. The molecule has 2 aromatic rings. The van der Waals surface area contributed by atoms with Crippen LogP contribution in [0.4, 0.5) is 11.4 Å². The maximum Gasteiger partial charge on any atom is 0.271 e. The molecule has 30 heavy (non-hydrogen) atoms. The molecule has 156 valence electrons. The lowest BCUT2D eigenvalue weighted by atomic mass is 9.88. The number of amides is 1. The number of phenols is 1. The Morgan fingerprint density at radius 1 is 1.03 bits per heavy atom. The van der Waals surface area contributed by atoms with Crippen molar-refractivity contribution in [2.75, 3.05) is 24.5 Å². The van der Waals surface area contributed by atoms with Crippen molar-refractivity contribution in [1.82, 2.24) is 4.90 Å². The van der Waals surface area contributed by atoms with Crippen LogP contribution in [0, 0.1) is 16.0 Å². The number of nitrogens with zero attached hydrogens (tertiary/aromatic N) is 3. The Kier molecular flexibility index (Phi) is 5.50. The lowest BCUT2D eigenvalue weighted by molar-refractivity contribution is -0.384. The zero-order valence-corrected chi connectivity index (χ0v) is 16.4. The van der Waals surface area contributed by atoms with Crippen LogP contribution in [-0.2, 0) is 4.79 Å². The van der Waals surface area contributed by atoms with E-state index in [2.05, 4.69) is 4.90 Å². The number of anilines is 1. The van der Waals surface area contributed by atoms with Crippen molar-refractivity contribution in [1.29, 1.82) is 0 Å². The number of piperidine rings is 1. The van der Waals surface area contributed by atoms with Crippen molar-refractivity contribution < 1.29 is 19.6 Å². The first kappa shape index (κ1) is 20.0. The van der Waals surface area contributed by atoms with Gasteiger partial charge in [0.05, 0.1) is 16.7 Å². The molecule has 2 aliphatic rings. The van der Waals surface area contributed by atoms with Gasteiger partial charge in [0, 0.05) is 30.2 Å². The lowest BCUT2D eigenvalue weighted by Gasteiger charge is -2.34. The number of non-ortho nitro benzene ring substituents is 1. The predicted molar refractivity (Wildman–Crippen MR) is 111 cm³/mol. The van der Waals surface area contributed by atoms with Gasteiger partial charge in [0.2, 0.25) is 5.91 Å². The van der Waals surface area contributed by atoms with Gasteiger partial charge < -0.3 is 10.0 Å². The first-order chi connectivity index (χ1) is 14.4. The van der Waals surface area contributed by atoms with Crippen LogP contribution in [-0.4, -0.2) is 52.3 Å². The minimum atomic E-state index is -0.461. The smallest absolute Gasteiger partial charge is 0.271 e. The van der Waals surface area contributed by atoms with Crippen LogP contribution < -0.4 is 4.90 Å². The Hall–Kier alpha value is -3.26. The highest BCUT2D eigenvalue weighted by atomic mass is 16.6. The number of likely N-dealkylation sites (tertiary alicyclic amines) is 1. The van der Waals surface area contributed by atoms with E-state index in [1.54, 1.807) is 29.2 Å². The fraction of sp³-hybridized carbons (Fsp3) is 0.364. The number of rotatable bonds is 5. The number of benzene rings is 2. The summed E-state index contributed by atoms with van der Waals surface area (Å²) in [4.78, 5) is 40.0. The maximum absolute atomic E-state index is 13.0. The molecule has 0 radical (unpaired) electrons. The Morgan fingerprint density at radius 3 is 2.40 bits per heavy atom. The highest BCUT2D eigenvalue weighted by Gasteiger charge is 2.39. The van der Waals surface area contributed by atoms with E-state index in [-0.39, 0.29) is 35.1 Å². The van der Waals surface area contributed by atoms with Crippen molar-refractivity contribution in [2.24, 2.45) is 5.92 Å². The largest absolute Gasteiger partial charge is 0.508 e. The van der Waals surface area contributed by atoms with Gasteiger partial charge in [-0.3, -0.25) is 24.6 Å². The number of carbonyl (C=O) groups excluding carboxylic acids is 2. The molecule has 4 rings (SSSR count). The summed E-state index contributed by atoms with van der Waals surface area (Å²) >= 11 is 0. The van der Waals surface area contributed by atoms with Gasteiger partial charge in [-0.15, -0.1) is 0 Å². The van der Waals surface area contributed by atoms with Crippen molar-refractivity contribution in [3.8, 4) is 5.75 Å². The second-order valence-corrected chi connectivity index (χ2v) is 7.79. The highest BCUT2D eigenvalue weighted by Crippen LogP contribution is 2.30. The van der Waals surface area contributed by atoms with Gasteiger partial charge in [-0.2, -0.15) is 0 Å². The Bertz CT molecular complexity index is 967. The van der Waals surface area contributed by atoms with E-state index in [1.807, 2.05) is 0 Å². The predicted octanol–water partition coefficient (Wildman–Crippen LogP) is 3.00. The third-order valence-electron chi connectivity index (χ3n) is 6.02. The van der Waals surface area contributed by atoms with Crippen LogP contribution >= 0.6 is 0 Å². The summed E-state index contributed by atoms with van der Waals surface area (Å²) in [7, 11) is 0. The standard InChI is InChI=1S/C22H23N3O5/c26-19-6-4-15(5-7-19)21(27)16-8-11-23(12-9-16)20-10-13-24(22(20)28)17-2-1-3-18(14-17)25(29)30/h1-7,14,16,20,26H,8-13H2. The summed E-state index contributed by atoms with van der Waals surface area (Å²) in [5.74, 6) is 0.0778. The Morgan fingerprint density at radius 2 is 1.73 bits per heavy atom. The fourth-order valence-corrected chi connectivity index (χ4v) is 4.37. The molecule has 0 aromatic heterocycles. The molecule has 0 spiro atoms. The summed E-state index contributed by atoms with van der Waals surface area (Å²) in [6.07, 6.45) is 2.03. The molecule has 1 unspecified atom stereocenters. The number of nitro benzene ring substituents is 1. The molecule has 8 heteroatoms. The number of phenolic OH excluding ortho intramolecular Hbond substituents is 1. The van der Waals surface area contributed by atoms with Crippen molar-refractivity contribution in [3.63, 3.8) is 0 Å². The van der Waals surface area contributed by atoms with Gasteiger partial charge in [-0.05, 0) is 62.7 Å². The number of aromatic hydroxyl groups is 1. The van der Waals surface area contributed by atoms with Crippen molar-refractivity contribution in [3.05, 3.63) is 64.2 Å². The number of nitro groups is 1. The average Bonchev–Trinajstić information content (AvgIpc) is 3.15. The van der Waals surface area contributed by atoms with Gasteiger partial charge in [-0.25, -0.2) is 0 Å². The average molecular weight is 409 g/mol. The third kappa shape index (κ3) is 3.91. The maximum atomic E-state index is 13.0. The molecule has 1 amide bonds. The quantitative estimate of drug-likeness (QED) is 0.462. The van der Waals surface area contributed by atoms with Crippen LogP contribution in [0.15, 0.2) is 48.5 Å².